The number of hydrogen-bond acceptors (Lipinski definition) is 0. The van der Waals surface area contributed by atoms with Crippen LogP contribution in [0.3, 0.4) is 0 Å². The summed E-state index contributed by atoms with van der Waals surface area (Å²) in [4.78, 5) is 0. The molecule has 0 atom stereocenters. The average Bonchev–Trinajstić information content (AvgIpc) is 1.72. The van der Waals surface area contributed by atoms with Crippen LogP contribution in [0.25, 0.3) is 0 Å². The third kappa shape index (κ3) is 8.82. The van der Waals surface area contributed by atoms with Crippen LogP contribution >= 0.6 is 34.0 Å². The monoisotopic (exact) mass is 430 g/mol. The summed E-state index contributed by atoms with van der Waals surface area (Å²) in [6, 6.07) is 12.0. The van der Waals surface area contributed by atoms with Crippen molar-refractivity contribution in [2.24, 2.45) is 0 Å². The standard InChI is InChI=1S/C6H6.2BrH.Os/c1-2-4-6-5-3-1;;;/h1-6H;2*1H;. The molecule has 0 nitrogen and oxygen atoms in total. The van der Waals surface area contributed by atoms with Gasteiger partial charge in [0.05, 0.1) is 0 Å². The van der Waals surface area contributed by atoms with Gasteiger partial charge in [0, 0.05) is 19.8 Å². The second kappa shape index (κ2) is 11.6. The average molecular weight is 430 g/mol. The number of rotatable bonds is 0. The molecule has 0 aliphatic carbocycles. The number of benzene rings is 1. The smallest absolute Gasteiger partial charge is 0 e. The van der Waals surface area contributed by atoms with Gasteiger partial charge < -0.3 is 0 Å². The molecule has 1 rings (SSSR count). The summed E-state index contributed by atoms with van der Waals surface area (Å²) in [5, 5.41) is 0. The Hall–Kier alpha value is 0.816. The minimum Gasteiger partial charge on any atom is -0.114 e. The zero-order valence-corrected chi connectivity index (χ0v) is 10.6. The van der Waals surface area contributed by atoms with Crippen LogP contribution in [0.15, 0.2) is 36.4 Å². The Morgan fingerprint density at radius 3 is 0.667 bits per heavy atom. The van der Waals surface area contributed by atoms with Crippen molar-refractivity contribution in [3.63, 3.8) is 0 Å². The third-order valence-electron chi connectivity index (χ3n) is 0.667. The van der Waals surface area contributed by atoms with Gasteiger partial charge in [0.2, 0.25) is 0 Å². The molecule has 0 unspecified atom stereocenters. The predicted molar refractivity (Wildman–Crippen MR) is 47.1 cm³/mol. The largest absolute Gasteiger partial charge is 0.114 e. The van der Waals surface area contributed by atoms with Crippen LogP contribution in [0.5, 0.6) is 0 Å². The van der Waals surface area contributed by atoms with Crippen molar-refractivity contribution < 1.29 is 19.8 Å². The molecule has 1 aromatic carbocycles. The number of hydrogen-bond donors (Lipinski definition) is 0. The molecule has 0 bridgehead atoms. The molecule has 9 heavy (non-hydrogen) atoms. The van der Waals surface area contributed by atoms with E-state index in [1.54, 1.807) is 0 Å². The van der Waals surface area contributed by atoms with E-state index in [1.165, 1.54) is 0 Å². The maximum Gasteiger partial charge on any atom is 0 e. The fourth-order valence-corrected chi connectivity index (χ4v) is 0.385. The Kier molecular flexibility index (Phi) is 21.2. The Bertz CT molecular complexity index is 83.0. The van der Waals surface area contributed by atoms with E-state index in [9.17, 15) is 0 Å². The van der Waals surface area contributed by atoms with E-state index in [-0.39, 0.29) is 53.8 Å². The third-order valence-corrected chi connectivity index (χ3v) is 0.667. The van der Waals surface area contributed by atoms with E-state index < -0.39 is 0 Å². The van der Waals surface area contributed by atoms with Crippen molar-refractivity contribution in [1.29, 1.82) is 0 Å². The van der Waals surface area contributed by atoms with Gasteiger partial charge in [0.25, 0.3) is 0 Å². The van der Waals surface area contributed by atoms with Gasteiger partial charge in [-0.25, -0.2) is 0 Å². The second-order valence-electron chi connectivity index (χ2n) is 1.15. The molecule has 0 aliphatic heterocycles. The molecule has 0 saturated carbocycles. The molecule has 3 heteroatoms. The minimum atomic E-state index is 0. The van der Waals surface area contributed by atoms with Crippen LogP contribution in [0, 0.1) is 0 Å². The van der Waals surface area contributed by atoms with E-state index >= 15 is 0 Å². The first-order chi connectivity index (χ1) is 3.00. The van der Waals surface area contributed by atoms with E-state index in [0.717, 1.165) is 0 Å². The van der Waals surface area contributed by atoms with Crippen molar-refractivity contribution in [2.45, 2.75) is 0 Å². The molecule has 0 radical (unpaired) electrons. The zero-order valence-electron chi connectivity index (χ0n) is 4.63. The van der Waals surface area contributed by atoms with Crippen molar-refractivity contribution in [3.8, 4) is 0 Å². The first-order valence-corrected chi connectivity index (χ1v) is 2.00. The van der Waals surface area contributed by atoms with Crippen LogP contribution in [-0.4, -0.2) is 0 Å². The van der Waals surface area contributed by atoms with Crippen molar-refractivity contribution >= 4 is 34.0 Å². The fourth-order valence-electron chi connectivity index (χ4n) is 0.385. The molecule has 0 saturated heterocycles. The summed E-state index contributed by atoms with van der Waals surface area (Å²) in [6.45, 7) is 0. The summed E-state index contributed by atoms with van der Waals surface area (Å²) >= 11 is 0. The molecule has 0 aliphatic rings. The molecule has 0 spiro atoms. The fraction of sp³-hybridized carbons (Fsp3) is 0. The van der Waals surface area contributed by atoms with Crippen molar-refractivity contribution in [3.05, 3.63) is 36.4 Å². The van der Waals surface area contributed by atoms with Crippen molar-refractivity contribution in [1.82, 2.24) is 0 Å². The van der Waals surface area contributed by atoms with Crippen molar-refractivity contribution in [2.75, 3.05) is 0 Å². The molecule has 54 valence electrons. The molecule has 0 N–H and O–H groups in total. The van der Waals surface area contributed by atoms with Gasteiger partial charge in [0.15, 0.2) is 0 Å². The Morgan fingerprint density at radius 1 is 0.444 bits per heavy atom. The quantitative estimate of drug-likeness (QED) is 0.594. The first-order valence-electron chi connectivity index (χ1n) is 2.00. The molecule has 0 amide bonds. The minimum absolute atomic E-state index is 0. The van der Waals surface area contributed by atoms with Crippen LogP contribution in [0.4, 0.5) is 0 Å². The SMILES string of the molecule is Br.Br.[Os].c1ccccc1. The van der Waals surface area contributed by atoms with Crippen LogP contribution in [0.2, 0.25) is 0 Å². The summed E-state index contributed by atoms with van der Waals surface area (Å²) in [7, 11) is 0. The van der Waals surface area contributed by atoms with Crippen LogP contribution in [0.1, 0.15) is 0 Å². The van der Waals surface area contributed by atoms with Gasteiger partial charge in [-0.05, 0) is 0 Å². The molecular formula is C6H8Br2Os. The van der Waals surface area contributed by atoms with E-state index in [0.29, 0.717) is 0 Å². The molecular weight excluding hydrogens is 422 g/mol. The zero-order chi connectivity index (χ0) is 4.24. The number of halogens is 2. The van der Waals surface area contributed by atoms with Gasteiger partial charge in [0.1, 0.15) is 0 Å². The van der Waals surface area contributed by atoms with E-state index in [2.05, 4.69) is 0 Å². The van der Waals surface area contributed by atoms with Gasteiger partial charge in [-0.15, -0.1) is 34.0 Å². The van der Waals surface area contributed by atoms with E-state index in [4.69, 9.17) is 0 Å². The maximum atomic E-state index is 2.00. The maximum absolute atomic E-state index is 2.00. The molecule has 0 aromatic heterocycles. The predicted octanol–water partition coefficient (Wildman–Crippen LogP) is 2.84. The summed E-state index contributed by atoms with van der Waals surface area (Å²) in [5.74, 6) is 0. The molecule has 0 fully saturated rings. The van der Waals surface area contributed by atoms with Gasteiger partial charge in [-0.1, -0.05) is 36.4 Å². The summed E-state index contributed by atoms with van der Waals surface area (Å²) in [6.07, 6.45) is 0. The van der Waals surface area contributed by atoms with Gasteiger partial charge >= 0.3 is 0 Å². The van der Waals surface area contributed by atoms with Gasteiger partial charge in [-0.3, -0.25) is 0 Å². The van der Waals surface area contributed by atoms with Crippen LogP contribution in [-0.2, 0) is 19.8 Å². The summed E-state index contributed by atoms with van der Waals surface area (Å²) in [5.41, 5.74) is 0. The van der Waals surface area contributed by atoms with E-state index in [1.807, 2.05) is 36.4 Å². The Balaban J connectivity index is -0.000000120. The first kappa shape index (κ1) is 16.4. The summed E-state index contributed by atoms with van der Waals surface area (Å²) < 4.78 is 0. The van der Waals surface area contributed by atoms with Gasteiger partial charge in [-0.2, -0.15) is 0 Å². The Labute approximate surface area is 89.6 Å². The Morgan fingerprint density at radius 2 is 0.556 bits per heavy atom. The topological polar surface area (TPSA) is 0 Å². The molecule has 0 heterocycles. The molecule has 1 aromatic rings. The second-order valence-corrected chi connectivity index (χ2v) is 1.15. The van der Waals surface area contributed by atoms with Crippen LogP contribution < -0.4 is 0 Å². The normalized spacial score (nSPS) is 5.33.